The van der Waals surface area contributed by atoms with Crippen LogP contribution in [0.15, 0.2) is 22.8 Å². The van der Waals surface area contributed by atoms with Gasteiger partial charge in [0.1, 0.15) is 0 Å². The Balaban J connectivity index is 0.00000220. The average Bonchev–Trinajstić information content (AvgIpc) is 2.98. The first-order valence-corrected chi connectivity index (χ1v) is 7.01. The van der Waals surface area contributed by atoms with Gasteiger partial charge in [-0.25, -0.2) is 0 Å². The Kier molecular flexibility index (Phi) is 6.71. The van der Waals surface area contributed by atoms with Gasteiger partial charge in [-0.1, -0.05) is 19.3 Å². The summed E-state index contributed by atoms with van der Waals surface area (Å²) in [6.07, 6.45) is 6.05. The molecule has 0 aliphatic heterocycles. The van der Waals surface area contributed by atoms with Crippen molar-refractivity contribution in [3.05, 3.63) is 24.2 Å². The maximum Gasteiger partial charge on any atom is 0.287 e. The summed E-state index contributed by atoms with van der Waals surface area (Å²) in [5.74, 6) is -0.146. The molecule has 118 valence electrons. The number of furan rings is 1. The largest absolute Gasteiger partial charge is 0.459 e. The molecule has 1 heterocycles. The van der Waals surface area contributed by atoms with Crippen molar-refractivity contribution in [1.29, 1.82) is 0 Å². The predicted molar refractivity (Wildman–Crippen MR) is 81.3 cm³/mol. The summed E-state index contributed by atoms with van der Waals surface area (Å²) in [7, 11) is 0. The van der Waals surface area contributed by atoms with Crippen LogP contribution in [0.1, 0.15) is 42.7 Å². The molecule has 2 amide bonds. The summed E-state index contributed by atoms with van der Waals surface area (Å²) in [6, 6.07) is 3.24. The minimum atomic E-state index is -0.733. The Morgan fingerprint density at radius 2 is 1.86 bits per heavy atom. The molecule has 1 fully saturated rings. The second kappa shape index (κ2) is 8.05. The Morgan fingerprint density at radius 1 is 1.19 bits per heavy atom. The molecule has 4 N–H and O–H groups in total. The Morgan fingerprint density at radius 3 is 2.48 bits per heavy atom. The van der Waals surface area contributed by atoms with Crippen molar-refractivity contribution in [2.24, 2.45) is 5.73 Å². The normalized spacial score (nSPS) is 16.6. The Bertz CT molecular complexity index is 456. The maximum absolute atomic E-state index is 12.0. The van der Waals surface area contributed by atoms with Gasteiger partial charge in [-0.3, -0.25) is 9.59 Å². The molecule has 2 rings (SSSR count). The van der Waals surface area contributed by atoms with Crippen molar-refractivity contribution in [3.63, 3.8) is 0 Å². The average molecular weight is 316 g/mol. The number of halogens is 1. The highest BCUT2D eigenvalue weighted by Crippen LogP contribution is 2.25. The van der Waals surface area contributed by atoms with Crippen LogP contribution in [0.25, 0.3) is 0 Å². The highest BCUT2D eigenvalue weighted by Gasteiger charge is 2.34. The first-order valence-electron chi connectivity index (χ1n) is 7.01. The van der Waals surface area contributed by atoms with Gasteiger partial charge < -0.3 is 20.8 Å². The third kappa shape index (κ3) is 4.75. The third-order valence-corrected chi connectivity index (χ3v) is 3.64. The molecular formula is C14H22ClN3O3. The molecule has 1 aromatic heterocycles. The second-order valence-corrected chi connectivity index (χ2v) is 5.21. The highest BCUT2D eigenvalue weighted by atomic mass is 35.5. The Hall–Kier alpha value is -1.53. The third-order valence-electron chi connectivity index (χ3n) is 3.64. The van der Waals surface area contributed by atoms with Gasteiger partial charge in [-0.15, -0.1) is 12.4 Å². The van der Waals surface area contributed by atoms with E-state index in [-0.39, 0.29) is 30.0 Å². The fourth-order valence-electron chi connectivity index (χ4n) is 2.43. The number of hydrogen-bond acceptors (Lipinski definition) is 4. The molecule has 0 bridgehead atoms. The van der Waals surface area contributed by atoms with Crippen molar-refractivity contribution in [1.82, 2.24) is 10.6 Å². The molecule has 21 heavy (non-hydrogen) atoms. The summed E-state index contributed by atoms with van der Waals surface area (Å²) in [5, 5.41) is 5.45. The van der Waals surface area contributed by atoms with E-state index in [2.05, 4.69) is 10.6 Å². The van der Waals surface area contributed by atoms with E-state index in [1.807, 2.05) is 0 Å². The van der Waals surface area contributed by atoms with Crippen molar-refractivity contribution < 1.29 is 14.0 Å². The van der Waals surface area contributed by atoms with E-state index < -0.39 is 5.54 Å². The lowest BCUT2D eigenvalue weighted by Gasteiger charge is -2.31. The molecule has 7 heteroatoms. The fraction of sp³-hybridized carbons (Fsp3) is 0.571. The van der Waals surface area contributed by atoms with Crippen LogP contribution in [0.5, 0.6) is 0 Å². The topological polar surface area (TPSA) is 97.4 Å². The van der Waals surface area contributed by atoms with E-state index >= 15 is 0 Å². The van der Waals surface area contributed by atoms with Crippen molar-refractivity contribution in [3.8, 4) is 0 Å². The van der Waals surface area contributed by atoms with Gasteiger partial charge in [0.15, 0.2) is 5.76 Å². The SMILES string of the molecule is Cl.NC1(C(=O)NCCNC(=O)c2ccco2)CCCCC1. The number of hydrogen-bond donors (Lipinski definition) is 3. The highest BCUT2D eigenvalue weighted by molar-refractivity contribution is 5.91. The molecule has 1 aliphatic carbocycles. The van der Waals surface area contributed by atoms with Gasteiger partial charge in [-0.2, -0.15) is 0 Å². The number of carbonyl (C=O) groups is 2. The summed E-state index contributed by atoms with van der Waals surface area (Å²) in [6.45, 7) is 0.714. The molecule has 0 unspecified atom stereocenters. The lowest BCUT2D eigenvalue weighted by Crippen LogP contribution is -2.55. The van der Waals surface area contributed by atoms with E-state index in [1.54, 1.807) is 12.1 Å². The minimum absolute atomic E-state index is 0. The molecule has 1 aliphatic rings. The smallest absolute Gasteiger partial charge is 0.287 e. The monoisotopic (exact) mass is 315 g/mol. The van der Waals surface area contributed by atoms with Gasteiger partial charge in [0.25, 0.3) is 5.91 Å². The standard InChI is InChI=1S/C14H21N3O3.ClH/c15-14(6-2-1-3-7-14)13(19)17-9-8-16-12(18)11-5-4-10-20-11;/h4-5,10H,1-3,6-9,15H2,(H,16,18)(H,17,19);1H. The van der Waals surface area contributed by atoms with Crippen molar-refractivity contribution in [2.75, 3.05) is 13.1 Å². The van der Waals surface area contributed by atoms with E-state index in [0.717, 1.165) is 32.1 Å². The summed E-state index contributed by atoms with van der Waals surface area (Å²) in [4.78, 5) is 23.6. The summed E-state index contributed by atoms with van der Waals surface area (Å²) in [5.41, 5.74) is 5.37. The number of nitrogens with two attached hydrogens (primary N) is 1. The van der Waals surface area contributed by atoms with E-state index in [0.29, 0.717) is 13.1 Å². The molecule has 1 aromatic rings. The van der Waals surface area contributed by atoms with Crippen LogP contribution < -0.4 is 16.4 Å². The number of rotatable bonds is 5. The van der Waals surface area contributed by atoms with Crippen molar-refractivity contribution in [2.45, 2.75) is 37.6 Å². The van der Waals surface area contributed by atoms with Crippen LogP contribution in [-0.2, 0) is 4.79 Å². The molecule has 0 spiro atoms. The molecule has 0 aromatic carbocycles. The second-order valence-electron chi connectivity index (χ2n) is 5.21. The van der Waals surface area contributed by atoms with Gasteiger partial charge in [0, 0.05) is 13.1 Å². The summed E-state index contributed by atoms with van der Waals surface area (Å²) < 4.78 is 4.97. The van der Waals surface area contributed by atoms with Crippen molar-refractivity contribution >= 4 is 24.2 Å². The first kappa shape index (κ1) is 17.5. The van der Waals surface area contributed by atoms with Gasteiger partial charge >= 0.3 is 0 Å². The zero-order chi connectivity index (χ0) is 14.4. The molecule has 0 saturated heterocycles. The zero-order valence-corrected chi connectivity index (χ0v) is 12.7. The molecule has 6 nitrogen and oxygen atoms in total. The van der Waals surface area contributed by atoms with E-state index in [9.17, 15) is 9.59 Å². The van der Waals surface area contributed by atoms with Crippen LogP contribution in [0.3, 0.4) is 0 Å². The first-order chi connectivity index (χ1) is 9.62. The van der Waals surface area contributed by atoms with Gasteiger partial charge in [0.2, 0.25) is 5.91 Å². The number of amides is 2. The van der Waals surface area contributed by atoms with Gasteiger partial charge in [0.05, 0.1) is 11.8 Å². The molecule has 0 atom stereocenters. The lowest BCUT2D eigenvalue weighted by molar-refractivity contribution is -0.127. The van der Waals surface area contributed by atoms with Crippen LogP contribution in [0.4, 0.5) is 0 Å². The Labute approximate surface area is 130 Å². The molecule has 0 radical (unpaired) electrons. The van der Waals surface area contributed by atoms with Crippen LogP contribution >= 0.6 is 12.4 Å². The zero-order valence-electron chi connectivity index (χ0n) is 11.9. The van der Waals surface area contributed by atoms with Crippen LogP contribution in [-0.4, -0.2) is 30.4 Å². The molecular weight excluding hydrogens is 294 g/mol. The summed E-state index contributed by atoms with van der Waals surface area (Å²) >= 11 is 0. The maximum atomic E-state index is 12.0. The van der Waals surface area contributed by atoms with E-state index in [1.165, 1.54) is 6.26 Å². The minimum Gasteiger partial charge on any atom is -0.459 e. The molecule has 1 saturated carbocycles. The quantitative estimate of drug-likeness (QED) is 0.711. The van der Waals surface area contributed by atoms with E-state index in [4.69, 9.17) is 10.2 Å². The van der Waals surface area contributed by atoms with Crippen LogP contribution in [0, 0.1) is 0 Å². The van der Waals surface area contributed by atoms with Gasteiger partial charge in [-0.05, 0) is 25.0 Å². The number of carbonyl (C=O) groups excluding carboxylic acids is 2. The predicted octanol–water partition coefficient (Wildman–Crippen LogP) is 1.21. The fourth-order valence-corrected chi connectivity index (χ4v) is 2.43. The van der Waals surface area contributed by atoms with Crippen LogP contribution in [0.2, 0.25) is 0 Å². The lowest BCUT2D eigenvalue weighted by atomic mass is 9.82. The number of nitrogens with one attached hydrogen (secondary N) is 2.